The molecule has 0 atom stereocenters. The first-order valence-electron chi connectivity index (χ1n) is 5.20. The van der Waals surface area contributed by atoms with Crippen molar-refractivity contribution in [2.24, 2.45) is 0 Å². The highest BCUT2D eigenvalue weighted by molar-refractivity contribution is 5.75. The minimum atomic E-state index is 0.426. The van der Waals surface area contributed by atoms with Gasteiger partial charge < -0.3 is 4.90 Å². The SMILES string of the molecule is O=CN(c1ccccc1)C1CCCC1. The van der Waals surface area contributed by atoms with Gasteiger partial charge in [0.05, 0.1) is 0 Å². The van der Waals surface area contributed by atoms with Crippen molar-refractivity contribution in [1.82, 2.24) is 0 Å². The molecular formula is C12H15NO. The smallest absolute Gasteiger partial charge is 0.214 e. The molecule has 0 heterocycles. The van der Waals surface area contributed by atoms with Gasteiger partial charge in [-0.25, -0.2) is 0 Å². The van der Waals surface area contributed by atoms with E-state index in [1.807, 2.05) is 35.2 Å². The Labute approximate surface area is 84.5 Å². The lowest BCUT2D eigenvalue weighted by Crippen LogP contribution is -2.31. The lowest BCUT2D eigenvalue weighted by atomic mass is 10.2. The molecule has 1 aliphatic rings. The Bertz CT molecular complexity index is 290. The van der Waals surface area contributed by atoms with E-state index in [0.29, 0.717) is 6.04 Å². The van der Waals surface area contributed by atoms with Gasteiger partial charge in [-0.2, -0.15) is 0 Å². The summed E-state index contributed by atoms with van der Waals surface area (Å²) in [5.74, 6) is 0. The highest BCUT2D eigenvalue weighted by Crippen LogP contribution is 2.26. The Kier molecular flexibility index (Phi) is 2.82. The van der Waals surface area contributed by atoms with Gasteiger partial charge in [-0.05, 0) is 25.0 Å². The van der Waals surface area contributed by atoms with E-state index in [1.54, 1.807) is 0 Å². The molecule has 2 heteroatoms. The van der Waals surface area contributed by atoms with Crippen molar-refractivity contribution in [3.63, 3.8) is 0 Å². The molecule has 0 bridgehead atoms. The third kappa shape index (κ3) is 1.79. The molecule has 1 amide bonds. The number of carbonyl (C=O) groups excluding carboxylic acids is 1. The van der Waals surface area contributed by atoms with Crippen LogP contribution in [0.5, 0.6) is 0 Å². The fourth-order valence-corrected chi connectivity index (χ4v) is 2.14. The molecule has 74 valence electrons. The molecule has 1 fully saturated rings. The third-order valence-electron chi connectivity index (χ3n) is 2.89. The summed E-state index contributed by atoms with van der Waals surface area (Å²) < 4.78 is 0. The second-order valence-corrected chi connectivity index (χ2v) is 3.79. The molecule has 1 aromatic carbocycles. The Morgan fingerprint density at radius 2 is 1.79 bits per heavy atom. The van der Waals surface area contributed by atoms with Crippen molar-refractivity contribution in [3.05, 3.63) is 30.3 Å². The van der Waals surface area contributed by atoms with Crippen molar-refractivity contribution >= 4 is 12.1 Å². The maximum Gasteiger partial charge on any atom is 0.214 e. The number of anilines is 1. The number of para-hydroxylation sites is 1. The lowest BCUT2D eigenvalue weighted by Gasteiger charge is -2.24. The second-order valence-electron chi connectivity index (χ2n) is 3.79. The van der Waals surface area contributed by atoms with Gasteiger partial charge in [-0.3, -0.25) is 4.79 Å². The summed E-state index contributed by atoms with van der Waals surface area (Å²) in [4.78, 5) is 12.9. The van der Waals surface area contributed by atoms with Gasteiger partial charge in [-0.1, -0.05) is 31.0 Å². The van der Waals surface area contributed by atoms with E-state index in [-0.39, 0.29) is 0 Å². The summed E-state index contributed by atoms with van der Waals surface area (Å²) in [6.45, 7) is 0. The minimum absolute atomic E-state index is 0.426. The first-order chi connectivity index (χ1) is 6.92. The van der Waals surface area contributed by atoms with Crippen LogP contribution in [0.2, 0.25) is 0 Å². The van der Waals surface area contributed by atoms with Gasteiger partial charge in [0.1, 0.15) is 0 Å². The fourth-order valence-electron chi connectivity index (χ4n) is 2.14. The van der Waals surface area contributed by atoms with Crippen LogP contribution in [-0.4, -0.2) is 12.5 Å². The topological polar surface area (TPSA) is 20.3 Å². The summed E-state index contributed by atoms with van der Waals surface area (Å²) in [6, 6.07) is 10.3. The highest BCUT2D eigenvalue weighted by Gasteiger charge is 2.21. The third-order valence-corrected chi connectivity index (χ3v) is 2.89. The predicted molar refractivity (Wildman–Crippen MR) is 57.2 cm³/mol. The Morgan fingerprint density at radius 3 is 2.36 bits per heavy atom. The maximum absolute atomic E-state index is 11.0. The largest absolute Gasteiger partial charge is 0.312 e. The lowest BCUT2D eigenvalue weighted by molar-refractivity contribution is -0.107. The van der Waals surface area contributed by atoms with Crippen LogP contribution in [0, 0.1) is 0 Å². The van der Waals surface area contributed by atoms with E-state index in [9.17, 15) is 4.79 Å². The number of carbonyl (C=O) groups is 1. The molecule has 1 aliphatic carbocycles. The quantitative estimate of drug-likeness (QED) is 0.669. The Balaban J connectivity index is 2.16. The van der Waals surface area contributed by atoms with Crippen LogP contribution in [0.15, 0.2) is 30.3 Å². The molecule has 0 N–H and O–H groups in total. The number of hydrogen-bond acceptors (Lipinski definition) is 1. The van der Waals surface area contributed by atoms with Gasteiger partial charge in [0, 0.05) is 11.7 Å². The average Bonchev–Trinajstić information content (AvgIpc) is 2.74. The van der Waals surface area contributed by atoms with Crippen molar-refractivity contribution in [2.75, 3.05) is 4.90 Å². The zero-order valence-electron chi connectivity index (χ0n) is 8.23. The van der Waals surface area contributed by atoms with Crippen molar-refractivity contribution in [1.29, 1.82) is 0 Å². The monoisotopic (exact) mass is 189 g/mol. The number of rotatable bonds is 3. The number of benzene rings is 1. The van der Waals surface area contributed by atoms with Crippen LogP contribution in [0.4, 0.5) is 5.69 Å². The van der Waals surface area contributed by atoms with Crippen LogP contribution >= 0.6 is 0 Å². The molecule has 2 nitrogen and oxygen atoms in total. The standard InChI is InChI=1S/C12H15NO/c14-10-13(12-8-4-5-9-12)11-6-2-1-3-7-11/h1-3,6-7,10,12H,4-5,8-9H2. The molecule has 0 radical (unpaired) electrons. The molecule has 0 unspecified atom stereocenters. The molecule has 0 saturated heterocycles. The first-order valence-corrected chi connectivity index (χ1v) is 5.20. The zero-order valence-corrected chi connectivity index (χ0v) is 8.23. The average molecular weight is 189 g/mol. The van der Waals surface area contributed by atoms with E-state index in [0.717, 1.165) is 24.9 Å². The van der Waals surface area contributed by atoms with Gasteiger partial charge in [0.25, 0.3) is 0 Å². The number of amides is 1. The summed E-state index contributed by atoms with van der Waals surface area (Å²) in [5, 5.41) is 0. The number of hydrogen-bond donors (Lipinski definition) is 0. The van der Waals surface area contributed by atoms with E-state index in [4.69, 9.17) is 0 Å². The molecule has 1 saturated carbocycles. The van der Waals surface area contributed by atoms with Gasteiger partial charge in [0.2, 0.25) is 6.41 Å². The van der Waals surface area contributed by atoms with E-state index in [1.165, 1.54) is 12.8 Å². The minimum Gasteiger partial charge on any atom is -0.312 e. The van der Waals surface area contributed by atoms with E-state index in [2.05, 4.69) is 0 Å². The molecule has 14 heavy (non-hydrogen) atoms. The number of nitrogens with zero attached hydrogens (tertiary/aromatic N) is 1. The van der Waals surface area contributed by atoms with Crippen LogP contribution in [0.25, 0.3) is 0 Å². The van der Waals surface area contributed by atoms with Gasteiger partial charge in [-0.15, -0.1) is 0 Å². The highest BCUT2D eigenvalue weighted by atomic mass is 16.1. The summed E-state index contributed by atoms with van der Waals surface area (Å²) in [7, 11) is 0. The van der Waals surface area contributed by atoms with Crippen LogP contribution in [-0.2, 0) is 4.79 Å². The van der Waals surface area contributed by atoms with Crippen LogP contribution in [0.3, 0.4) is 0 Å². The van der Waals surface area contributed by atoms with Crippen LogP contribution < -0.4 is 4.90 Å². The van der Waals surface area contributed by atoms with E-state index >= 15 is 0 Å². The van der Waals surface area contributed by atoms with E-state index < -0.39 is 0 Å². The van der Waals surface area contributed by atoms with Gasteiger partial charge >= 0.3 is 0 Å². The zero-order chi connectivity index (χ0) is 9.80. The van der Waals surface area contributed by atoms with Gasteiger partial charge in [0.15, 0.2) is 0 Å². The van der Waals surface area contributed by atoms with Crippen molar-refractivity contribution in [2.45, 2.75) is 31.7 Å². The summed E-state index contributed by atoms with van der Waals surface area (Å²) in [5.41, 5.74) is 1.02. The second kappa shape index (κ2) is 4.27. The van der Waals surface area contributed by atoms with Crippen LogP contribution in [0.1, 0.15) is 25.7 Å². The predicted octanol–water partition coefficient (Wildman–Crippen LogP) is 2.59. The molecule has 0 aromatic heterocycles. The molecule has 2 rings (SSSR count). The molecule has 1 aromatic rings. The van der Waals surface area contributed by atoms with Crippen molar-refractivity contribution in [3.8, 4) is 0 Å². The summed E-state index contributed by atoms with van der Waals surface area (Å²) >= 11 is 0. The fraction of sp³-hybridized carbons (Fsp3) is 0.417. The normalized spacial score (nSPS) is 16.9. The maximum atomic E-state index is 11.0. The first kappa shape index (κ1) is 9.25. The van der Waals surface area contributed by atoms with Crippen molar-refractivity contribution < 1.29 is 4.79 Å². The molecular weight excluding hydrogens is 174 g/mol. The Morgan fingerprint density at radius 1 is 1.14 bits per heavy atom. The molecule has 0 aliphatic heterocycles. The Hall–Kier alpha value is -1.31. The summed E-state index contributed by atoms with van der Waals surface area (Å²) in [6.07, 6.45) is 5.76. The molecule has 0 spiro atoms.